The summed E-state index contributed by atoms with van der Waals surface area (Å²) in [5.74, 6) is -0.828. The Bertz CT molecular complexity index is 865. The number of amides is 1. The maximum Gasteiger partial charge on any atom is 0.250 e. The summed E-state index contributed by atoms with van der Waals surface area (Å²) < 4.78 is 14.7. The number of nitrogens with two attached hydrogens (primary N) is 1. The van der Waals surface area contributed by atoms with Crippen LogP contribution in [0.5, 0.6) is 0 Å². The van der Waals surface area contributed by atoms with Crippen molar-refractivity contribution >= 4 is 55.7 Å². The highest BCUT2D eigenvalue weighted by molar-refractivity contribution is 14.1. The van der Waals surface area contributed by atoms with Crippen LogP contribution >= 0.6 is 33.9 Å². The molecule has 2 heterocycles. The first-order chi connectivity index (χ1) is 10.6. The summed E-state index contributed by atoms with van der Waals surface area (Å²) in [5, 5.41) is 3.75. The number of primary amides is 1. The molecule has 0 aliphatic carbocycles. The Morgan fingerprint density at radius 2 is 2.23 bits per heavy atom. The number of hydrogen-bond donors (Lipinski definition) is 2. The molecule has 0 spiro atoms. The Morgan fingerprint density at radius 1 is 1.41 bits per heavy atom. The Labute approximate surface area is 143 Å². The van der Waals surface area contributed by atoms with Crippen molar-refractivity contribution < 1.29 is 9.18 Å². The predicted octanol–water partition coefficient (Wildman–Crippen LogP) is 3.75. The lowest BCUT2D eigenvalue weighted by Gasteiger charge is -2.07. The molecule has 3 aromatic rings. The normalized spacial score (nSPS) is 10.8. The molecule has 0 unspecified atom stereocenters. The molecular weight excluding hydrogens is 416 g/mol. The fraction of sp³-hybridized carbons (Fsp3) is 0.0667. The molecular formula is C15H11FIN3OS. The highest BCUT2D eigenvalue weighted by atomic mass is 127. The number of aromatic nitrogens is 1. The number of pyridine rings is 1. The third-order valence-corrected chi connectivity index (χ3v) is 4.94. The van der Waals surface area contributed by atoms with Crippen LogP contribution in [0.3, 0.4) is 0 Å². The number of carbonyl (C=O) groups is 1. The molecule has 0 bridgehead atoms. The number of hydrogen-bond acceptors (Lipinski definition) is 4. The van der Waals surface area contributed by atoms with Crippen LogP contribution in [0.1, 0.15) is 15.2 Å². The van der Waals surface area contributed by atoms with Gasteiger partial charge < -0.3 is 11.1 Å². The molecule has 112 valence electrons. The van der Waals surface area contributed by atoms with E-state index >= 15 is 0 Å². The largest absolute Gasteiger partial charge is 0.378 e. The number of carbonyl (C=O) groups excluding carboxylic acids is 1. The zero-order valence-electron chi connectivity index (χ0n) is 11.3. The van der Waals surface area contributed by atoms with Gasteiger partial charge in [0, 0.05) is 20.0 Å². The summed E-state index contributed by atoms with van der Waals surface area (Å²) in [7, 11) is 0. The third kappa shape index (κ3) is 2.91. The monoisotopic (exact) mass is 427 g/mol. The molecule has 0 aliphatic heterocycles. The number of nitrogens with one attached hydrogen (secondary N) is 1. The fourth-order valence-electron chi connectivity index (χ4n) is 2.18. The number of fused-ring (bicyclic) bond motifs is 1. The van der Waals surface area contributed by atoms with E-state index in [4.69, 9.17) is 5.73 Å². The van der Waals surface area contributed by atoms with Crippen LogP contribution in [0.25, 0.3) is 10.2 Å². The van der Waals surface area contributed by atoms with Gasteiger partial charge in [0.15, 0.2) is 0 Å². The minimum atomic E-state index is -0.501. The van der Waals surface area contributed by atoms with E-state index in [1.54, 1.807) is 18.3 Å². The number of thiophene rings is 1. The zero-order chi connectivity index (χ0) is 15.7. The predicted molar refractivity (Wildman–Crippen MR) is 94.6 cm³/mol. The van der Waals surface area contributed by atoms with E-state index in [-0.39, 0.29) is 5.82 Å². The minimum Gasteiger partial charge on any atom is -0.378 e. The molecule has 3 N–H and O–H groups in total. The van der Waals surface area contributed by atoms with Gasteiger partial charge in [-0.3, -0.25) is 4.79 Å². The number of halogens is 2. The topological polar surface area (TPSA) is 68.0 Å². The summed E-state index contributed by atoms with van der Waals surface area (Å²) in [6, 6.07) is 8.51. The third-order valence-electron chi connectivity index (χ3n) is 3.16. The van der Waals surface area contributed by atoms with Crippen molar-refractivity contribution in [1.82, 2.24) is 4.98 Å². The van der Waals surface area contributed by atoms with E-state index in [1.165, 1.54) is 17.4 Å². The van der Waals surface area contributed by atoms with Crippen molar-refractivity contribution in [3.05, 3.63) is 56.4 Å². The zero-order valence-corrected chi connectivity index (χ0v) is 14.2. The number of benzene rings is 1. The molecule has 1 aromatic carbocycles. The van der Waals surface area contributed by atoms with Crippen LogP contribution in [0, 0.1) is 9.39 Å². The van der Waals surface area contributed by atoms with Gasteiger partial charge in [0.25, 0.3) is 5.91 Å². The van der Waals surface area contributed by atoms with Crippen LogP contribution < -0.4 is 11.1 Å². The van der Waals surface area contributed by atoms with Crippen molar-refractivity contribution in [1.29, 1.82) is 0 Å². The second-order valence-electron chi connectivity index (χ2n) is 4.60. The molecule has 22 heavy (non-hydrogen) atoms. The average Bonchev–Trinajstić information content (AvgIpc) is 2.84. The molecule has 0 saturated carbocycles. The Kier molecular flexibility index (Phi) is 4.25. The van der Waals surface area contributed by atoms with Crippen molar-refractivity contribution in [2.24, 2.45) is 5.73 Å². The molecule has 4 nitrogen and oxygen atoms in total. The number of rotatable bonds is 4. The summed E-state index contributed by atoms with van der Waals surface area (Å²) in [6.07, 6.45) is 1.67. The first-order valence-electron chi connectivity index (χ1n) is 6.41. The van der Waals surface area contributed by atoms with Crippen LogP contribution in [0.15, 0.2) is 36.5 Å². The van der Waals surface area contributed by atoms with E-state index in [0.29, 0.717) is 17.8 Å². The van der Waals surface area contributed by atoms with Crippen LogP contribution in [-0.2, 0) is 6.54 Å². The highest BCUT2D eigenvalue weighted by Crippen LogP contribution is 2.30. The van der Waals surface area contributed by atoms with Gasteiger partial charge >= 0.3 is 0 Å². The average molecular weight is 427 g/mol. The summed E-state index contributed by atoms with van der Waals surface area (Å²) >= 11 is 3.43. The van der Waals surface area contributed by atoms with Crippen LogP contribution in [0.2, 0.25) is 0 Å². The van der Waals surface area contributed by atoms with Gasteiger partial charge in [0.05, 0.1) is 17.8 Å². The van der Waals surface area contributed by atoms with Crippen molar-refractivity contribution in [2.45, 2.75) is 6.54 Å². The second kappa shape index (κ2) is 6.17. The summed E-state index contributed by atoms with van der Waals surface area (Å²) in [6.45, 7) is 0.316. The molecule has 3 rings (SSSR count). The minimum absolute atomic E-state index is 0.316. The molecule has 7 heteroatoms. The molecule has 0 atom stereocenters. The van der Waals surface area contributed by atoms with Gasteiger partial charge in [-0.05, 0) is 52.9 Å². The first kappa shape index (κ1) is 15.2. The highest BCUT2D eigenvalue weighted by Gasteiger charge is 2.17. The molecule has 0 aliphatic rings. The molecule has 0 fully saturated rings. The van der Waals surface area contributed by atoms with Crippen molar-refractivity contribution in [2.75, 3.05) is 5.32 Å². The number of nitrogens with zero attached hydrogens (tertiary/aromatic N) is 1. The smallest absolute Gasteiger partial charge is 0.250 e. The molecule has 2 aromatic heterocycles. The van der Waals surface area contributed by atoms with Gasteiger partial charge in [-0.25, -0.2) is 9.37 Å². The summed E-state index contributed by atoms with van der Waals surface area (Å²) in [4.78, 5) is 17.5. The van der Waals surface area contributed by atoms with E-state index in [9.17, 15) is 9.18 Å². The Hall–Kier alpha value is -1.74. The lowest BCUT2D eigenvalue weighted by atomic mass is 10.1. The van der Waals surface area contributed by atoms with Gasteiger partial charge in [0.1, 0.15) is 10.6 Å². The van der Waals surface area contributed by atoms with Gasteiger partial charge in [-0.15, -0.1) is 11.3 Å². The lowest BCUT2D eigenvalue weighted by molar-refractivity contribution is 0.100. The summed E-state index contributed by atoms with van der Waals surface area (Å²) in [5.41, 5.74) is 6.32. The quantitative estimate of drug-likeness (QED) is 0.624. The maximum absolute atomic E-state index is 13.8. The number of anilines is 1. The Morgan fingerprint density at radius 3 is 2.95 bits per heavy atom. The van der Waals surface area contributed by atoms with E-state index in [2.05, 4.69) is 32.9 Å². The first-order valence-corrected chi connectivity index (χ1v) is 8.31. The van der Waals surface area contributed by atoms with Gasteiger partial charge in [-0.2, -0.15) is 0 Å². The fourth-order valence-corrected chi connectivity index (χ4v) is 3.72. The SMILES string of the molecule is NC(=O)c1c(CNc2ccc(I)cc2F)sc2ncccc12. The van der Waals surface area contributed by atoms with E-state index < -0.39 is 5.91 Å². The standard InChI is InChI=1S/C15H11FIN3OS/c16-10-6-8(17)3-4-11(10)20-7-12-13(14(18)21)9-2-1-5-19-15(9)22-12/h1-6,20H,7H2,(H2,18,21). The van der Waals surface area contributed by atoms with Crippen LogP contribution in [0.4, 0.5) is 10.1 Å². The van der Waals surface area contributed by atoms with Gasteiger partial charge in [-0.1, -0.05) is 0 Å². The maximum atomic E-state index is 13.8. The van der Waals surface area contributed by atoms with Crippen LogP contribution in [-0.4, -0.2) is 10.9 Å². The molecule has 0 radical (unpaired) electrons. The van der Waals surface area contributed by atoms with Crippen molar-refractivity contribution in [3.8, 4) is 0 Å². The van der Waals surface area contributed by atoms with E-state index in [1.807, 2.05) is 12.1 Å². The lowest BCUT2D eigenvalue weighted by Crippen LogP contribution is -2.14. The van der Waals surface area contributed by atoms with Crippen molar-refractivity contribution in [3.63, 3.8) is 0 Å². The van der Waals surface area contributed by atoms with E-state index in [0.717, 1.165) is 18.7 Å². The van der Waals surface area contributed by atoms with Gasteiger partial charge in [0.2, 0.25) is 0 Å². The molecule has 0 saturated heterocycles. The Balaban J connectivity index is 1.93. The second-order valence-corrected chi connectivity index (χ2v) is 6.93. The molecule has 1 amide bonds.